The number of carboxylic acids is 2. The largest absolute Gasteiger partial charge is 0.479 e. The number of carbonyl (C=O) groups excluding carboxylic acids is 10. The number of H-pyrrole nitrogens is 4. The van der Waals surface area contributed by atoms with E-state index >= 15 is 0 Å². The van der Waals surface area contributed by atoms with Crippen molar-refractivity contribution in [2.45, 2.75) is 189 Å². The molecule has 0 spiro atoms. The molecule has 0 saturated heterocycles. The van der Waals surface area contributed by atoms with Crippen LogP contribution in [0, 0.1) is 65.6 Å². The Morgan fingerprint density at radius 3 is 0.978 bits per heavy atom. The van der Waals surface area contributed by atoms with Crippen LogP contribution in [0.15, 0.2) is 262 Å². The predicted molar refractivity (Wildman–Crippen MR) is 538 cm³/mol. The fraction of sp³-hybridized carbons (Fsp3) is 0.351. The molecule has 0 aliphatic heterocycles. The number of aromatic nitrogens is 4. The average Bonchev–Trinajstić information content (AvgIpc) is 1.56. The molecule has 28 heteroatoms. The van der Waals surface area contributed by atoms with Crippen LogP contribution in [0.4, 0.5) is 0 Å². The molecule has 12 aromatic rings. The lowest BCUT2D eigenvalue weighted by Crippen LogP contribution is -2.52. The minimum atomic E-state index is -1.85. The number of unbranched alkanes of at least 4 members (excludes halogenated alkanes) is 1. The number of amides is 6. The molecule has 6 amide bonds. The number of aliphatic carboxylic acids is 2. The maximum absolute atomic E-state index is 14.1. The van der Waals surface area contributed by atoms with Crippen molar-refractivity contribution in [3.8, 4) is 0 Å². The van der Waals surface area contributed by atoms with Crippen LogP contribution < -0.4 is 32.2 Å². The van der Waals surface area contributed by atoms with Gasteiger partial charge in [0.25, 0.3) is 0 Å². The maximum Gasteiger partial charge on any atom is 0.333 e. The second-order valence-electron chi connectivity index (χ2n) is 37.7. The molecular weight excluding hydrogens is 1760 g/mol. The molecule has 0 aliphatic carbocycles. The van der Waals surface area contributed by atoms with Gasteiger partial charge in [-0.15, -0.1) is 13.2 Å². The van der Waals surface area contributed by atoms with Gasteiger partial charge in [0, 0.05) is 116 Å². The number of rotatable bonds is 46. The number of hydroxylamine groups is 2. The zero-order valence-electron chi connectivity index (χ0n) is 80.5. The lowest BCUT2D eigenvalue weighted by atomic mass is 9.79. The molecular formula is C111H132N10O18. The first kappa shape index (κ1) is 108. The summed E-state index contributed by atoms with van der Waals surface area (Å²) in [4.78, 5) is 169. The number of nitrogens with one attached hydrogen (secondary N) is 10. The molecule has 139 heavy (non-hydrogen) atoms. The van der Waals surface area contributed by atoms with Crippen molar-refractivity contribution in [2.75, 3.05) is 0 Å². The van der Waals surface area contributed by atoms with E-state index in [1.54, 1.807) is 47.9 Å². The fourth-order valence-electron chi connectivity index (χ4n) is 17.4. The third-order valence-corrected chi connectivity index (χ3v) is 24.7. The molecule has 0 aliphatic rings. The van der Waals surface area contributed by atoms with E-state index in [0.29, 0.717) is 67.2 Å². The Morgan fingerprint density at radius 2 is 0.655 bits per heavy atom. The van der Waals surface area contributed by atoms with Crippen molar-refractivity contribution in [1.82, 2.24) is 52.2 Å². The molecule has 16 N–H and O–H groups in total. The Kier molecular flexibility index (Phi) is 41.2. The second-order valence-corrected chi connectivity index (χ2v) is 37.7. The molecule has 28 nitrogen and oxygen atoms in total. The number of fused-ring (bicyclic) bond motifs is 4. The van der Waals surface area contributed by atoms with Gasteiger partial charge in [-0.3, -0.25) is 58.4 Å². The van der Waals surface area contributed by atoms with Crippen molar-refractivity contribution in [3.05, 3.63) is 312 Å². The molecule has 0 bridgehead atoms. The lowest BCUT2D eigenvalue weighted by Gasteiger charge is -2.33. The Balaban J connectivity index is 0.000000209. The van der Waals surface area contributed by atoms with E-state index in [4.69, 9.17) is 0 Å². The number of Topliss-reactive ketones (excluding diaryl/α,β-unsaturated/α-hetero) is 4. The summed E-state index contributed by atoms with van der Waals surface area (Å²) in [6.07, 6.45) is 11.6. The quantitative estimate of drug-likeness (QED) is 0.00554. The van der Waals surface area contributed by atoms with Gasteiger partial charge in [0.15, 0.2) is 35.3 Å². The molecule has 4 aromatic heterocycles. The second kappa shape index (κ2) is 52.8. The van der Waals surface area contributed by atoms with E-state index in [9.17, 15) is 88.4 Å². The van der Waals surface area contributed by atoms with E-state index in [1.807, 2.05) is 257 Å². The van der Waals surface area contributed by atoms with Gasteiger partial charge in [-0.2, -0.15) is 0 Å². The molecule has 0 unspecified atom stereocenters. The summed E-state index contributed by atoms with van der Waals surface area (Å²) in [6, 6.07) is 62.7. The van der Waals surface area contributed by atoms with Crippen LogP contribution >= 0.6 is 0 Å². The molecule has 12 rings (SSSR count). The van der Waals surface area contributed by atoms with Gasteiger partial charge >= 0.3 is 11.9 Å². The van der Waals surface area contributed by atoms with E-state index in [-0.39, 0.29) is 84.8 Å². The van der Waals surface area contributed by atoms with E-state index in [0.717, 1.165) is 72.3 Å². The molecule has 4 heterocycles. The summed E-state index contributed by atoms with van der Waals surface area (Å²) >= 11 is 0. The Bertz CT molecular complexity index is 5960. The van der Waals surface area contributed by atoms with Crippen LogP contribution in [-0.4, -0.2) is 158 Å². The van der Waals surface area contributed by atoms with E-state index in [1.165, 1.54) is 5.56 Å². The predicted octanol–water partition coefficient (Wildman–Crippen LogP) is 17.1. The van der Waals surface area contributed by atoms with Gasteiger partial charge < -0.3 is 61.6 Å². The molecule has 0 radical (unpaired) electrons. The van der Waals surface area contributed by atoms with Gasteiger partial charge in [0.1, 0.15) is 0 Å². The number of aliphatic hydroxyl groups excluding tert-OH is 2. The Morgan fingerprint density at radius 1 is 0.353 bits per heavy atom. The number of aliphatic hydroxyl groups is 2. The van der Waals surface area contributed by atoms with Crippen molar-refractivity contribution in [1.29, 1.82) is 0 Å². The monoisotopic (exact) mass is 1890 g/mol. The number of hydrogen-bond acceptors (Lipinski definition) is 16. The number of allylic oxidation sites excluding steroid dienone is 2. The Labute approximate surface area is 810 Å². The highest BCUT2D eigenvalue weighted by molar-refractivity contribution is 6.15. The molecule has 0 fully saturated rings. The average molecular weight is 1890 g/mol. The highest BCUT2D eigenvalue weighted by atomic mass is 16.5. The van der Waals surface area contributed by atoms with Crippen molar-refractivity contribution in [2.24, 2.45) is 58.7 Å². The van der Waals surface area contributed by atoms with Crippen LogP contribution in [0.25, 0.3) is 43.6 Å². The van der Waals surface area contributed by atoms with E-state index < -0.39 is 113 Å². The van der Waals surface area contributed by atoms with Crippen LogP contribution in [0.1, 0.15) is 189 Å². The number of aromatic amines is 4. The number of para-hydroxylation sites is 4. The third kappa shape index (κ3) is 30.8. The summed E-state index contributed by atoms with van der Waals surface area (Å²) in [7, 11) is 0. The van der Waals surface area contributed by atoms with Gasteiger partial charge in [-0.1, -0.05) is 268 Å². The number of hydrogen-bond donors (Lipinski definition) is 16. The normalized spacial score (nSPS) is 13.9. The van der Waals surface area contributed by atoms with Crippen LogP contribution in [0.2, 0.25) is 0 Å². The number of carbonyl (C=O) groups is 12. The van der Waals surface area contributed by atoms with Crippen LogP contribution in [0.5, 0.6) is 0 Å². The highest BCUT2D eigenvalue weighted by Gasteiger charge is 2.43. The van der Waals surface area contributed by atoms with Crippen LogP contribution in [-0.2, 0) is 64.0 Å². The van der Waals surface area contributed by atoms with Crippen LogP contribution in [0.3, 0.4) is 0 Å². The summed E-state index contributed by atoms with van der Waals surface area (Å²) in [6.45, 7) is 26.4. The number of aryl methyl sites for hydroxylation is 2. The smallest absolute Gasteiger partial charge is 0.333 e. The molecule has 0 saturated carbocycles. The van der Waals surface area contributed by atoms with Crippen molar-refractivity contribution in [3.63, 3.8) is 0 Å². The molecule has 12 atom stereocenters. The third-order valence-electron chi connectivity index (χ3n) is 24.7. The maximum atomic E-state index is 14.1. The minimum Gasteiger partial charge on any atom is -0.479 e. The summed E-state index contributed by atoms with van der Waals surface area (Å²) in [5.41, 5.74) is 13.0. The van der Waals surface area contributed by atoms with Gasteiger partial charge in [-0.05, 0) is 141 Å². The minimum absolute atomic E-state index is 0.0170. The number of carboxylic acid groups (broad SMARTS) is 2. The molecule has 8 aromatic carbocycles. The van der Waals surface area contributed by atoms with Crippen molar-refractivity contribution < 1.29 is 88.4 Å². The van der Waals surface area contributed by atoms with Gasteiger partial charge in [0.2, 0.25) is 35.4 Å². The standard InChI is InChI=1S/C36H41N3O4.C25H35N3O4.2C25H28N2O5/c1-3-4-6-16-30(36(42)39-43)29(17-11-14-26-21-19-25(2)20-22-26)35(41)38-33(23-27-12-7-5-8-13-27)34(40)31-24-37-32-18-10-9-15-28(31)32;1-7-10-17(24(31)28-32)18(13-15(2)3)23(30)27-22(25(4,5)6)21(29)19-14-26-20-12-9-8-11-16(19)20;2*1-15(2)12-18(23(29)25(31)32)24(30)27-21(13-16-8-4-3-5-9-16)22(28)19-14-26-20-11-7-6-10-17(19)20/h3,5,7-10,12-13,15,18-22,24,29-30,33,37,43H,1,4,6,11,14,16-17,23H2,2H3,(H,38,41)(H,39,42);7-9,11-12,14-15,17-18,22,26,32H,1,10,13H2,2-6H3,(H,27,30)(H,28,31);2*3-11,14-15,18,21,23,26,29H,12-13H2,1-2H3,(H,27,30)(H,31,32)/t29-,30+,33+;17-,18+,22+;18-,21+,23+;18-,21-,23+/m1011/s1. The van der Waals surface area contributed by atoms with E-state index in [2.05, 4.69) is 78.6 Å². The summed E-state index contributed by atoms with van der Waals surface area (Å²) < 4.78 is 0. The molecule has 734 valence electrons. The number of ketones is 4. The fourth-order valence-corrected chi connectivity index (χ4v) is 17.4. The van der Waals surface area contributed by atoms with Gasteiger partial charge in [-0.25, -0.2) is 20.5 Å². The highest BCUT2D eigenvalue weighted by Crippen LogP contribution is 2.34. The SMILES string of the molecule is C=CCCC[C@H](C(=O)NO)[C@@H](CCCc1ccc(C)cc1)C(=O)N[C@@H](Cc1ccccc1)C(=O)c1c[nH]c2ccccc12.C=CC[C@H](C(=O)NO)[C@@H](CC(C)C)C(=O)N[C@H](C(=O)c1c[nH]c2ccccc12)C(C)(C)C.CC(C)C[C@@H](C(=O)N[C@@H](Cc1ccccc1)C(=O)c1c[nH]c2ccccc12)[C@H](O)C(=O)O.CC(C)C[C@@H](C(=O)N[C@H](Cc1ccccc1)C(=O)c1c[nH]c2ccccc12)[C@H](O)C(=O)O. The lowest BCUT2D eigenvalue weighted by molar-refractivity contribution is -0.154. The topological polar surface area (TPSA) is 462 Å². The zero-order valence-corrected chi connectivity index (χ0v) is 80.5. The summed E-state index contributed by atoms with van der Waals surface area (Å²) in [5, 5.41) is 72.1. The first-order chi connectivity index (χ1) is 66.5. The zero-order chi connectivity index (χ0) is 101. The first-order valence-electron chi connectivity index (χ1n) is 47.2. The summed E-state index contributed by atoms with van der Waals surface area (Å²) in [5.74, 6) is -12.4. The Hall–Kier alpha value is -14.3. The first-order valence-corrected chi connectivity index (χ1v) is 47.2. The van der Waals surface area contributed by atoms with Gasteiger partial charge in [0.05, 0.1) is 53.8 Å². The number of benzene rings is 8. The van der Waals surface area contributed by atoms with Crippen molar-refractivity contribution >= 4 is 114 Å².